The molecule has 0 saturated heterocycles. The van der Waals surface area contributed by atoms with Crippen LogP contribution in [0.1, 0.15) is 11.1 Å². The summed E-state index contributed by atoms with van der Waals surface area (Å²) in [5, 5.41) is 23.0. The van der Waals surface area contributed by atoms with Crippen LogP contribution in [0.2, 0.25) is 0 Å². The van der Waals surface area contributed by atoms with Gasteiger partial charge in [-0.2, -0.15) is 0 Å². The predicted molar refractivity (Wildman–Crippen MR) is 89.8 cm³/mol. The molecule has 7 nitrogen and oxygen atoms in total. The zero-order valence-electron chi connectivity index (χ0n) is 13.2. The molecule has 122 valence electrons. The standard InChI is InChI=1S/C16H20N4O3/c1-12-3-4-13(9-15(12)20(22)23)10-17-16-6-5-14(11-18-16)19(2)7-8-21/h3-6,9,11,21H,7-8,10H2,1-2H3,(H,17,18). The van der Waals surface area contributed by atoms with Gasteiger partial charge >= 0.3 is 0 Å². The first kappa shape index (κ1) is 16.7. The summed E-state index contributed by atoms with van der Waals surface area (Å²) in [7, 11) is 1.88. The SMILES string of the molecule is Cc1ccc(CNc2ccc(N(C)CCO)cn2)cc1[N+](=O)[O-]. The van der Waals surface area contributed by atoms with Gasteiger partial charge in [-0.3, -0.25) is 10.1 Å². The van der Waals surface area contributed by atoms with Crippen LogP contribution in [0.15, 0.2) is 36.5 Å². The van der Waals surface area contributed by atoms with Crippen molar-refractivity contribution in [2.75, 3.05) is 30.4 Å². The first-order chi connectivity index (χ1) is 11.0. The van der Waals surface area contributed by atoms with Gasteiger partial charge < -0.3 is 15.3 Å². The van der Waals surface area contributed by atoms with Crippen LogP contribution in [0, 0.1) is 17.0 Å². The fraction of sp³-hybridized carbons (Fsp3) is 0.312. The number of aliphatic hydroxyl groups excluding tert-OH is 1. The predicted octanol–water partition coefficient (Wildman–Crippen LogP) is 2.34. The summed E-state index contributed by atoms with van der Waals surface area (Å²) in [6, 6.07) is 8.92. The second-order valence-electron chi connectivity index (χ2n) is 5.28. The molecule has 0 unspecified atom stereocenters. The monoisotopic (exact) mass is 316 g/mol. The average molecular weight is 316 g/mol. The molecule has 0 aliphatic heterocycles. The number of hydrogen-bond donors (Lipinski definition) is 2. The van der Waals surface area contributed by atoms with Crippen molar-refractivity contribution < 1.29 is 10.0 Å². The maximum atomic E-state index is 11.0. The number of hydrogen-bond acceptors (Lipinski definition) is 6. The van der Waals surface area contributed by atoms with Gasteiger partial charge in [0.2, 0.25) is 0 Å². The molecule has 2 rings (SSSR count). The Bertz CT molecular complexity index is 674. The van der Waals surface area contributed by atoms with E-state index in [1.807, 2.05) is 30.1 Å². The summed E-state index contributed by atoms with van der Waals surface area (Å²) in [4.78, 5) is 16.8. The van der Waals surface area contributed by atoms with Crippen molar-refractivity contribution in [2.24, 2.45) is 0 Å². The Balaban J connectivity index is 2.01. The zero-order valence-corrected chi connectivity index (χ0v) is 13.2. The largest absolute Gasteiger partial charge is 0.395 e. The number of benzene rings is 1. The molecule has 1 aromatic carbocycles. The smallest absolute Gasteiger partial charge is 0.272 e. The molecule has 0 atom stereocenters. The van der Waals surface area contributed by atoms with Gasteiger partial charge in [-0.25, -0.2) is 4.98 Å². The van der Waals surface area contributed by atoms with Crippen LogP contribution >= 0.6 is 0 Å². The highest BCUT2D eigenvalue weighted by Gasteiger charge is 2.10. The van der Waals surface area contributed by atoms with E-state index in [1.54, 1.807) is 25.3 Å². The van der Waals surface area contributed by atoms with E-state index in [-0.39, 0.29) is 17.2 Å². The lowest BCUT2D eigenvalue weighted by atomic mass is 10.1. The molecule has 0 bridgehead atoms. The average Bonchev–Trinajstić information content (AvgIpc) is 2.54. The molecule has 0 radical (unpaired) electrons. The summed E-state index contributed by atoms with van der Waals surface area (Å²) < 4.78 is 0. The number of nitro benzene ring substituents is 1. The molecule has 0 amide bonds. The summed E-state index contributed by atoms with van der Waals surface area (Å²) >= 11 is 0. The maximum absolute atomic E-state index is 11.0. The van der Waals surface area contributed by atoms with E-state index in [4.69, 9.17) is 5.11 Å². The van der Waals surface area contributed by atoms with Crippen LogP contribution in [0.25, 0.3) is 0 Å². The van der Waals surface area contributed by atoms with Crippen molar-refractivity contribution in [3.63, 3.8) is 0 Å². The molecule has 0 saturated carbocycles. The van der Waals surface area contributed by atoms with Gasteiger partial charge in [-0.15, -0.1) is 0 Å². The maximum Gasteiger partial charge on any atom is 0.272 e. The molecule has 0 fully saturated rings. The van der Waals surface area contributed by atoms with Gasteiger partial charge in [0.25, 0.3) is 5.69 Å². The first-order valence-electron chi connectivity index (χ1n) is 7.27. The van der Waals surface area contributed by atoms with Crippen LogP contribution in [0.5, 0.6) is 0 Å². The molecule has 2 N–H and O–H groups in total. The van der Waals surface area contributed by atoms with E-state index in [1.165, 1.54) is 0 Å². The van der Waals surface area contributed by atoms with Crippen LogP contribution in [0.4, 0.5) is 17.2 Å². The third-order valence-electron chi connectivity index (χ3n) is 3.57. The van der Waals surface area contributed by atoms with Crippen molar-refractivity contribution >= 4 is 17.2 Å². The van der Waals surface area contributed by atoms with Gasteiger partial charge in [-0.1, -0.05) is 12.1 Å². The van der Waals surface area contributed by atoms with Crippen LogP contribution < -0.4 is 10.2 Å². The van der Waals surface area contributed by atoms with Gasteiger partial charge in [0, 0.05) is 31.8 Å². The van der Waals surface area contributed by atoms with Crippen molar-refractivity contribution in [3.8, 4) is 0 Å². The molecule has 2 aromatic rings. The van der Waals surface area contributed by atoms with E-state index >= 15 is 0 Å². The van der Waals surface area contributed by atoms with Crippen LogP contribution in [0.3, 0.4) is 0 Å². The van der Waals surface area contributed by atoms with Crippen molar-refractivity contribution in [2.45, 2.75) is 13.5 Å². The van der Waals surface area contributed by atoms with E-state index in [0.717, 1.165) is 11.3 Å². The third kappa shape index (κ3) is 4.40. The molecule has 23 heavy (non-hydrogen) atoms. The third-order valence-corrected chi connectivity index (χ3v) is 3.57. The van der Waals surface area contributed by atoms with Gasteiger partial charge in [0.1, 0.15) is 5.82 Å². The van der Waals surface area contributed by atoms with Crippen LogP contribution in [-0.2, 0) is 6.54 Å². The summed E-state index contributed by atoms with van der Waals surface area (Å²) in [5.41, 5.74) is 2.51. The Morgan fingerprint density at radius 2 is 2.13 bits per heavy atom. The topological polar surface area (TPSA) is 91.5 Å². The number of anilines is 2. The van der Waals surface area contributed by atoms with E-state index in [0.29, 0.717) is 24.5 Å². The second kappa shape index (κ2) is 7.55. The number of aryl methyl sites for hydroxylation is 1. The highest BCUT2D eigenvalue weighted by Crippen LogP contribution is 2.20. The minimum atomic E-state index is -0.372. The van der Waals surface area contributed by atoms with Gasteiger partial charge in [0.15, 0.2) is 0 Å². The quantitative estimate of drug-likeness (QED) is 0.602. The lowest BCUT2D eigenvalue weighted by Gasteiger charge is -2.17. The molecule has 0 spiro atoms. The molecular weight excluding hydrogens is 296 g/mol. The second-order valence-corrected chi connectivity index (χ2v) is 5.28. The minimum Gasteiger partial charge on any atom is -0.395 e. The Hall–Kier alpha value is -2.67. The number of pyridine rings is 1. The Morgan fingerprint density at radius 3 is 2.74 bits per heavy atom. The number of nitrogens with zero attached hydrogens (tertiary/aromatic N) is 3. The van der Waals surface area contributed by atoms with Gasteiger partial charge in [-0.05, 0) is 24.6 Å². The summed E-state index contributed by atoms with van der Waals surface area (Å²) in [6.07, 6.45) is 1.72. The Labute approximate surface area is 134 Å². The number of aliphatic hydroxyl groups is 1. The number of likely N-dealkylation sites (N-methyl/N-ethyl adjacent to an activating group) is 1. The molecule has 1 heterocycles. The highest BCUT2D eigenvalue weighted by molar-refractivity contribution is 5.49. The Kier molecular flexibility index (Phi) is 5.48. The normalized spacial score (nSPS) is 10.4. The molecule has 7 heteroatoms. The van der Waals surface area contributed by atoms with E-state index in [9.17, 15) is 10.1 Å². The Morgan fingerprint density at radius 1 is 1.35 bits per heavy atom. The van der Waals surface area contributed by atoms with Crippen molar-refractivity contribution in [1.29, 1.82) is 0 Å². The highest BCUT2D eigenvalue weighted by atomic mass is 16.6. The number of nitro groups is 1. The minimum absolute atomic E-state index is 0.0860. The molecule has 1 aromatic heterocycles. The lowest BCUT2D eigenvalue weighted by molar-refractivity contribution is -0.385. The summed E-state index contributed by atoms with van der Waals surface area (Å²) in [5.74, 6) is 0.689. The van der Waals surface area contributed by atoms with Crippen LogP contribution in [-0.4, -0.2) is 35.2 Å². The number of rotatable bonds is 7. The van der Waals surface area contributed by atoms with Crippen molar-refractivity contribution in [1.82, 2.24) is 4.98 Å². The fourth-order valence-electron chi connectivity index (χ4n) is 2.15. The van der Waals surface area contributed by atoms with Gasteiger partial charge in [0.05, 0.1) is 23.4 Å². The summed E-state index contributed by atoms with van der Waals surface area (Å²) in [6.45, 7) is 2.81. The zero-order chi connectivity index (χ0) is 16.8. The lowest BCUT2D eigenvalue weighted by Crippen LogP contribution is -2.21. The first-order valence-corrected chi connectivity index (χ1v) is 7.27. The fourth-order valence-corrected chi connectivity index (χ4v) is 2.15. The number of aromatic nitrogens is 1. The molecular formula is C16H20N4O3. The molecule has 0 aliphatic rings. The van der Waals surface area contributed by atoms with Crippen molar-refractivity contribution in [3.05, 3.63) is 57.8 Å². The van der Waals surface area contributed by atoms with E-state index < -0.39 is 0 Å². The molecule has 0 aliphatic carbocycles. The van der Waals surface area contributed by atoms with E-state index in [2.05, 4.69) is 10.3 Å². The number of nitrogens with one attached hydrogen (secondary N) is 1.